The van der Waals surface area contributed by atoms with Crippen LogP contribution in [0.15, 0.2) is 65.1 Å². The van der Waals surface area contributed by atoms with E-state index in [0.717, 1.165) is 28.9 Å². The molecule has 0 N–H and O–H groups in total. The molecule has 5 rings (SSSR count). The topological polar surface area (TPSA) is 110 Å². The Balaban J connectivity index is 1.58. The molecule has 3 aliphatic rings. The highest BCUT2D eigenvalue weighted by Gasteiger charge is 2.70. The molecule has 2 aromatic rings. The van der Waals surface area contributed by atoms with Crippen LogP contribution in [0.2, 0.25) is 0 Å². The smallest absolute Gasteiger partial charge is 0.417 e. The molecule has 2 fully saturated rings. The molecule has 0 aromatic heterocycles. The van der Waals surface area contributed by atoms with Gasteiger partial charge in [0.05, 0.1) is 16.6 Å². The molecular weight excluding hydrogens is 592 g/mol. The predicted molar refractivity (Wildman–Crippen MR) is 171 cm³/mol. The first-order chi connectivity index (χ1) is 20.9. The van der Waals surface area contributed by atoms with Gasteiger partial charge >= 0.3 is 12.1 Å². The van der Waals surface area contributed by atoms with Gasteiger partial charge in [-0.05, 0) is 101 Å². The third kappa shape index (κ3) is 5.66. The van der Waals surface area contributed by atoms with E-state index in [-0.39, 0.29) is 29.4 Å². The van der Waals surface area contributed by atoms with Gasteiger partial charge in [0.1, 0.15) is 17.3 Å². The lowest BCUT2D eigenvalue weighted by molar-refractivity contribution is -0.154. The van der Waals surface area contributed by atoms with E-state index in [4.69, 9.17) is 9.47 Å². The molecule has 0 radical (unpaired) electrons. The predicted octanol–water partition coefficient (Wildman–Crippen LogP) is 6.33. The van der Waals surface area contributed by atoms with Gasteiger partial charge in [0, 0.05) is 12.0 Å². The number of fused-ring (bicyclic) bond motifs is 2. The maximum absolute atomic E-state index is 14.6. The first-order valence-electron chi connectivity index (χ1n) is 15.5. The lowest BCUT2D eigenvalue weighted by Crippen LogP contribution is -2.54. The van der Waals surface area contributed by atoms with Crippen molar-refractivity contribution in [1.29, 1.82) is 0 Å². The quantitative estimate of drug-likeness (QED) is 0.269. The Hall–Kier alpha value is -3.66. The number of carbonyl (C=O) groups is 3. The highest BCUT2D eigenvalue weighted by Crippen LogP contribution is 2.68. The molecule has 2 bridgehead atoms. The molecule has 9 nitrogen and oxygen atoms in total. The molecule has 45 heavy (non-hydrogen) atoms. The van der Waals surface area contributed by atoms with Crippen LogP contribution >= 0.6 is 0 Å². The Bertz CT molecular complexity index is 1640. The van der Waals surface area contributed by atoms with Crippen LogP contribution in [0.25, 0.3) is 0 Å². The Labute approximate surface area is 266 Å². The normalized spacial score (nSPS) is 26.0. The van der Waals surface area contributed by atoms with Crippen LogP contribution in [0.1, 0.15) is 71.9 Å². The molecule has 2 aromatic carbocycles. The van der Waals surface area contributed by atoms with Crippen molar-refractivity contribution in [1.82, 2.24) is 4.90 Å². The number of carbonyl (C=O) groups excluding carboxylic acids is 3. The summed E-state index contributed by atoms with van der Waals surface area (Å²) in [6, 6.07) is 13.2. The second-order valence-electron chi connectivity index (χ2n) is 14.4. The van der Waals surface area contributed by atoms with E-state index in [1.54, 1.807) is 51.1 Å². The van der Waals surface area contributed by atoms with Gasteiger partial charge in [-0.15, -0.1) is 0 Å². The number of amides is 2. The standard InChI is InChI=1S/C35H44N2O7S/c1-22-19-23(2)21-24(20-22)37(45(41,42)25-13-10-9-11-14-25)28-27-16-17-35(8,34(27,6)7)29(28)43-31(39)26-15-12-18-36(30(26)38)32(40)44-33(3,4)5/h9-11,13-15,19-21,27-29H,12,16-18H2,1-8H3/t27-,28+,29+,35+/m1/s1. The van der Waals surface area contributed by atoms with Gasteiger partial charge in [-0.1, -0.05) is 51.1 Å². The fourth-order valence-electron chi connectivity index (χ4n) is 7.51. The van der Waals surface area contributed by atoms with Crippen molar-refractivity contribution < 1.29 is 32.3 Å². The third-order valence-electron chi connectivity index (χ3n) is 10.0. The molecule has 2 aliphatic carbocycles. The first-order valence-corrected chi connectivity index (χ1v) is 17.0. The van der Waals surface area contributed by atoms with Crippen molar-refractivity contribution in [2.24, 2.45) is 16.7 Å². The molecule has 0 saturated heterocycles. The molecule has 1 aliphatic heterocycles. The summed E-state index contributed by atoms with van der Waals surface area (Å²) >= 11 is 0. The number of nitrogens with zero attached hydrogens (tertiary/aromatic N) is 2. The fraction of sp³-hybridized carbons (Fsp3) is 0.514. The van der Waals surface area contributed by atoms with Crippen molar-refractivity contribution in [3.8, 4) is 0 Å². The van der Waals surface area contributed by atoms with E-state index >= 15 is 0 Å². The second-order valence-corrected chi connectivity index (χ2v) is 16.2. The van der Waals surface area contributed by atoms with E-state index in [9.17, 15) is 22.8 Å². The van der Waals surface area contributed by atoms with E-state index in [1.165, 1.54) is 10.4 Å². The van der Waals surface area contributed by atoms with Gasteiger partial charge in [0.2, 0.25) is 0 Å². The number of hydrogen-bond acceptors (Lipinski definition) is 7. The molecular formula is C35H44N2O7S. The van der Waals surface area contributed by atoms with E-state index < -0.39 is 56.6 Å². The fourth-order valence-corrected chi connectivity index (χ4v) is 9.20. The monoisotopic (exact) mass is 636 g/mol. The number of hydrogen-bond donors (Lipinski definition) is 0. The van der Waals surface area contributed by atoms with E-state index in [2.05, 4.69) is 13.8 Å². The Morgan fingerprint density at radius 3 is 2.22 bits per heavy atom. The molecule has 4 atom stereocenters. The minimum absolute atomic E-state index is 0.0825. The highest BCUT2D eigenvalue weighted by molar-refractivity contribution is 7.92. The Morgan fingerprint density at radius 2 is 1.62 bits per heavy atom. The SMILES string of the molecule is Cc1cc(C)cc(N([C@H]2[C@H]3CC[C@@](C)([C@H]2OC(=O)C2=CCCN(C(=O)OC(C)(C)C)C2=O)C3(C)C)S(=O)(=O)c2ccccc2)c1. The number of aryl methyl sites for hydroxylation is 2. The summed E-state index contributed by atoms with van der Waals surface area (Å²) in [7, 11) is -4.12. The number of sulfonamides is 1. The van der Waals surface area contributed by atoms with Crippen LogP contribution in [0.5, 0.6) is 0 Å². The molecule has 242 valence electrons. The van der Waals surface area contributed by atoms with E-state index in [0.29, 0.717) is 5.69 Å². The summed E-state index contributed by atoms with van der Waals surface area (Å²) in [6.45, 7) is 15.3. The largest absolute Gasteiger partial charge is 0.456 e. The molecule has 2 saturated carbocycles. The molecule has 0 unspecified atom stereocenters. The van der Waals surface area contributed by atoms with Crippen molar-refractivity contribution >= 4 is 33.7 Å². The summed E-state index contributed by atoms with van der Waals surface area (Å²) in [4.78, 5) is 41.2. The molecule has 1 heterocycles. The Kier molecular flexibility index (Phi) is 8.22. The zero-order chi connectivity index (χ0) is 33.1. The van der Waals surface area contributed by atoms with Gasteiger partial charge in [-0.3, -0.25) is 9.10 Å². The van der Waals surface area contributed by atoms with E-state index in [1.807, 2.05) is 39.0 Å². The van der Waals surface area contributed by atoms with Crippen molar-refractivity contribution in [2.45, 2.75) is 97.3 Å². The summed E-state index contributed by atoms with van der Waals surface area (Å²) < 4.78 is 42.4. The van der Waals surface area contributed by atoms with Gasteiger partial charge in [0.25, 0.3) is 15.9 Å². The maximum Gasteiger partial charge on any atom is 0.417 e. The first kappa shape index (κ1) is 32.7. The molecule has 0 spiro atoms. The van der Waals surface area contributed by atoms with Gasteiger partial charge in [0.15, 0.2) is 0 Å². The Morgan fingerprint density at radius 1 is 1.00 bits per heavy atom. The molecule has 2 amide bonds. The summed E-state index contributed by atoms with van der Waals surface area (Å²) in [5.74, 6) is -1.80. The maximum atomic E-state index is 14.6. The summed E-state index contributed by atoms with van der Waals surface area (Å²) in [5.41, 5.74) is 0.236. The summed E-state index contributed by atoms with van der Waals surface area (Å²) in [6.07, 6.45) is 1.54. The summed E-state index contributed by atoms with van der Waals surface area (Å²) in [5, 5.41) is 0. The van der Waals surface area contributed by atoms with Gasteiger partial charge < -0.3 is 9.47 Å². The van der Waals surface area contributed by atoms with Crippen LogP contribution < -0.4 is 4.31 Å². The zero-order valence-electron chi connectivity index (χ0n) is 27.4. The average molecular weight is 637 g/mol. The number of anilines is 1. The van der Waals surface area contributed by atoms with Gasteiger partial charge in [-0.25, -0.2) is 22.9 Å². The van der Waals surface area contributed by atoms with Crippen molar-refractivity contribution in [2.75, 3.05) is 10.8 Å². The van der Waals surface area contributed by atoms with Crippen molar-refractivity contribution in [3.05, 3.63) is 71.3 Å². The third-order valence-corrected chi connectivity index (χ3v) is 11.8. The number of imide groups is 1. The lowest BCUT2D eigenvalue weighted by Gasteiger charge is -2.43. The minimum Gasteiger partial charge on any atom is -0.456 e. The van der Waals surface area contributed by atoms with Crippen LogP contribution in [0, 0.1) is 30.6 Å². The number of ether oxygens (including phenoxy) is 2. The van der Waals surface area contributed by atoms with Gasteiger partial charge in [-0.2, -0.15) is 0 Å². The van der Waals surface area contributed by atoms with Crippen molar-refractivity contribution in [3.63, 3.8) is 0 Å². The number of rotatable bonds is 6. The molecule has 10 heteroatoms. The number of esters is 1. The lowest BCUT2D eigenvalue weighted by atomic mass is 9.70. The van der Waals surface area contributed by atoms with Crippen LogP contribution in [0.4, 0.5) is 10.5 Å². The second kappa shape index (κ2) is 11.3. The minimum atomic E-state index is -4.12. The zero-order valence-corrected chi connectivity index (χ0v) is 28.2. The van der Waals surface area contributed by atoms with Crippen LogP contribution in [-0.2, 0) is 29.1 Å². The average Bonchev–Trinajstić information content (AvgIpc) is 3.25. The van der Waals surface area contributed by atoms with Crippen LogP contribution in [0.3, 0.4) is 0 Å². The highest BCUT2D eigenvalue weighted by atomic mass is 32.2. The van der Waals surface area contributed by atoms with Crippen LogP contribution in [-0.4, -0.2) is 55.6 Å². The number of benzene rings is 2.